The molecule has 1 unspecified atom stereocenters. The van der Waals surface area contributed by atoms with Crippen LogP contribution in [-0.2, 0) is 9.53 Å². The van der Waals surface area contributed by atoms with Crippen molar-refractivity contribution in [3.05, 3.63) is 0 Å². The van der Waals surface area contributed by atoms with E-state index in [1.165, 1.54) is 0 Å². The fourth-order valence-electron chi connectivity index (χ4n) is 2.96. The van der Waals surface area contributed by atoms with Gasteiger partial charge in [0.25, 0.3) is 0 Å². The predicted octanol–water partition coefficient (Wildman–Crippen LogP) is 1.12. The molecule has 1 atom stereocenters. The van der Waals surface area contributed by atoms with Gasteiger partial charge in [-0.2, -0.15) is 0 Å². The lowest BCUT2D eigenvalue weighted by molar-refractivity contribution is -0.137. The Labute approximate surface area is 113 Å². The molecule has 1 heterocycles. The molecule has 4 N–H and O–H groups in total. The zero-order chi connectivity index (χ0) is 13.7. The van der Waals surface area contributed by atoms with Crippen molar-refractivity contribution in [3.63, 3.8) is 0 Å². The van der Waals surface area contributed by atoms with E-state index >= 15 is 0 Å². The molecule has 0 radical (unpaired) electrons. The molecule has 0 aromatic rings. The number of carbonyl (C=O) groups is 1. The summed E-state index contributed by atoms with van der Waals surface area (Å²) in [5.74, 6) is -0.0236. The molecule has 2 aliphatic rings. The van der Waals surface area contributed by atoms with Crippen LogP contribution >= 0.6 is 0 Å². The van der Waals surface area contributed by atoms with Crippen molar-refractivity contribution in [2.75, 3.05) is 6.61 Å². The summed E-state index contributed by atoms with van der Waals surface area (Å²) in [5.41, 5.74) is 5.12. The molecule has 1 aliphatic carbocycles. The van der Waals surface area contributed by atoms with Crippen molar-refractivity contribution in [2.24, 2.45) is 10.9 Å². The highest BCUT2D eigenvalue weighted by molar-refractivity contribution is 5.95. The first-order chi connectivity index (χ1) is 9.18. The number of hydrogen-bond donors (Lipinski definition) is 3. The average Bonchev–Trinajstić information content (AvgIpc) is 2.48. The molecule has 6 nitrogen and oxygen atoms in total. The number of oxime groups is 1. The third-order valence-corrected chi connectivity index (χ3v) is 4.14. The molecule has 1 saturated heterocycles. The maximum absolute atomic E-state index is 12.3. The highest BCUT2D eigenvalue weighted by Crippen LogP contribution is 2.29. The second-order valence-corrected chi connectivity index (χ2v) is 5.47. The van der Waals surface area contributed by atoms with E-state index in [1.807, 2.05) is 0 Å². The summed E-state index contributed by atoms with van der Waals surface area (Å²) in [4.78, 5) is 12.3. The van der Waals surface area contributed by atoms with E-state index < -0.39 is 5.54 Å². The van der Waals surface area contributed by atoms with Gasteiger partial charge in [-0.15, -0.1) is 0 Å². The first-order valence-corrected chi connectivity index (χ1v) is 7.09. The van der Waals surface area contributed by atoms with Gasteiger partial charge < -0.3 is 21.0 Å². The summed E-state index contributed by atoms with van der Waals surface area (Å²) >= 11 is 0. The Kier molecular flexibility index (Phi) is 4.63. The lowest BCUT2D eigenvalue weighted by Gasteiger charge is -2.38. The SMILES string of the molecule is NC(=NO)C1(NC(=O)C2CCCCO2)CCCCC1. The number of hydrogen-bond acceptors (Lipinski definition) is 4. The Morgan fingerprint density at radius 3 is 2.58 bits per heavy atom. The van der Waals surface area contributed by atoms with Crippen LogP contribution < -0.4 is 11.1 Å². The van der Waals surface area contributed by atoms with Crippen LogP contribution in [0.2, 0.25) is 0 Å². The standard InChI is InChI=1S/C13H23N3O3/c14-12(16-18)13(7-3-1-4-8-13)15-11(17)10-6-2-5-9-19-10/h10,18H,1-9H2,(H2,14,16)(H,15,17). The average molecular weight is 269 g/mol. The summed E-state index contributed by atoms with van der Waals surface area (Å²) in [7, 11) is 0. The minimum absolute atomic E-state index is 0.108. The van der Waals surface area contributed by atoms with Crippen molar-refractivity contribution in [1.82, 2.24) is 5.32 Å². The van der Waals surface area contributed by atoms with E-state index in [-0.39, 0.29) is 17.8 Å². The molecule has 0 spiro atoms. The van der Waals surface area contributed by atoms with E-state index in [0.29, 0.717) is 6.61 Å². The van der Waals surface area contributed by atoms with Gasteiger partial charge in [0.2, 0.25) is 5.91 Å². The van der Waals surface area contributed by atoms with Crippen molar-refractivity contribution >= 4 is 11.7 Å². The summed E-state index contributed by atoms with van der Waals surface area (Å²) < 4.78 is 5.48. The largest absolute Gasteiger partial charge is 0.409 e. The van der Waals surface area contributed by atoms with Crippen LogP contribution in [0.25, 0.3) is 0 Å². The predicted molar refractivity (Wildman–Crippen MR) is 71.0 cm³/mol. The van der Waals surface area contributed by atoms with Crippen LogP contribution in [0.1, 0.15) is 51.4 Å². The van der Waals surface area contributed by atoms with Crippen LogP contribution in [0.5, 0.6) is 0 Å². The summed E-state index contributed by atoms with van der Waals surface area (Å²) in [5, 5.41) is 15.1. The number of ether oxygens (including phenoxy) is 1. The minimum Gasteiger partial charge on any atom is -0.409 e. The highest BCUT2D eigenvalue weighted by atomic mass is 16.5. The first kappa shape index (κ1) is 14.1. The van der Waals surface area contributed by atoms with Crippen LogP contribution in [0.3, 0.4) is 0 Å². The fraction of sp³-hybridized carbons (Fsp3) is 0.846. The molecular formula is C13H23N3O3. The van der Waals surface area contributed by atoms with E-state index in [4.69, 9.17) is 15.7 Å². The molecule has 2 fully saturated rings. The van der Waals surface area contributed by atoms with E-state index in [0.717, 1.165) is 51.4 Å². The zero-order valence-electron chi connectivity index (χ0n) is 11.2. The Hall–Kier alpha value is -1.30. The van der Waals surface area contributed by atoms with E-state index in [2.05, 4.69) is 10.5 Å². The van der Waals surface area contributed by atoms with Gasteiger partial charge >= 0.3 is 0 Å². The number of nitrogens with zero attached hydrogens (tertiary/aromatic N) is 1. The lowest BCUT2D eigenvalue weighted by Crippen LogP contribution is -2.60. The van der Waals surface area contributed by atoms with Gasteiger partial charge in [0.05, 0.1) is 0 Å². The van der Waals surface area contributed by atoms with Crippen LogP contribution in [-0.4, -0.2) is 35.2 Å². The van der Waals surface area contributed by atoms with Crippen LogP contribution in [0.15, 0.2) is 5.16 Å². The third kappa shape index (κ3) is 3.18. The van der Waals surface area contributed by atoms with Gasteiger partial charge in [0, 0.05) is 6.61 Å². The van der Waals surface area contributed by atoms with E-state index in [1.54, 1.807) is 0 Å². The summed E-state index contributed by atoms with van der Waals surface area (Å²) in [6.45, 7) is 0.634. The molecule has 1 saturated carbocycles. The van der Waals surface area contributed by atoms with Crippen molar-refractivity contribution in [2.45, 2.75) is 63.0 Å². The van der Waals surface area contributed by atoms with E-state index in [9.17, 15) is 4.79 Å². The van der Waals surface area contributed by atoms with Crippen molar-refractivity contribution < 1.29 is 14.7 Å². The number of amides is 1. The van der Waals surface area contributed by atoms with Crippen molar-refractivity contribution in [1.29, 1.82) is 0 Å². The Balaban J connectivity index is 2.05. The Morgan fingerprint density at radius 2 is 2.00 bits per heavy atom. The van der Waals surface area contributed by atoms with Crippen LogP contribution in [0, 0.1) is 0 Å². The number of amidine groups is 1. The smallest absolute Gasteiger partial charge is 0.249 e. The quantitative estimate of drug-likeness (QED) is 0.309. The summed E-state index contributed by atoms with van der Waals surface area (Å²) in [6, 6.07) is 0. The molecule has 1 amide bonds. The molecule has 108 valence electrons. The normalized spacial score (nSPS) is 27.8. The van der Waals surface area contributed by atoms with Gasteiger partial charge in [-0.1, -0.05) is 24.4 Å². The van der Waals surface area contributed by atoms with Gasteiger partial charge in [0.15, 0.2) is 5.84 Å². The molecule has 0 aromatic carbocycles. The number of rotatable bonds is 3. The molecule has 0 aromatic heterocycles. The first-order valence-electron chi connectivity index (χ1n) is 7.09. The second-order valence-electron chi connectivity index (χ2n) is 5.47. The minimum atomic E-state index is -0.690. The lowest BCUT2D eigenvalue weighted by atomic mass is 9.80. The number of carbonyl (C=O) groups excluding carboxylic acids is 1. The Bertz CT molecular complexity index is 345. The van der Waals surface area contributed by atoms with Gasteiger partial charge in [-0.3, -0.25) is 4.79 Å². The molecule has 2 rings (SSSR count). The second kappa shape index (κ2) is 6.23. The summed E-state index contributed by atoms with van der Waals surface area (Å²) in [6.07, 6.45) is 6.89. The van der Waals surface area contributed by atoms with Crippen LogP contribution in [0.4, 0.5) is 0 Å². The highest BCUT2D eigenvalue weighted by Gasteiger charge is 2.39. The zero-order valence-corrected chi connectivity index (χ0v) is 11.2. The van der Waals surface area contributed by atoms with Crippen molar-refractivity contribution in [3.8, 4) is 0 Å². The monoisotopic (exact) mass is 269 g/mol. The molecule has 6 heteroatoms. The third-order valence-electron chi connectivity index (χ3n) is 4.14. The van der Waals surface area contributed by atoms with Gasteiger partial charge in [-0.25, -0.2) is 0 Å². The number of nitrogens with two attached hydrogens (primary N) is 1. The topological polar surface area (TPSA) is 96.9 Å². The van der Waals surface area contributed by atoms with Gasteiger partial charge in [-0.05, 0) is 32.1 Å². The number of nitrogens with one attached hydrogen (secondary N) is 1. The molecule has 1 aliphatic heterocycles. The maximum Gasteiger partial charge on any atom is 0.249 e. The Morgan fingerprint density at radius 1 is 1.26 bits per heavy atom. The molecule has 19 heavy (non-hydrogen) atoms. The molecular weight excluding hydrogens is 246 g/mol. The fourth-order valence-corrected chi connectivity index (χ4v) is 2.96. The van der Waals surface area contributed by atoms with Gasteiger partial charge in [0.1, 0.15) is 11.6 Å². The molecule has 0 bridgehead atoms. The maximum atomic E-state index is 12.3.